The molecule has 32 heavy (non-hydrogen) atoms. The highest BCUT2D eigenvalue weighted by molar-refractivity contribution is 5.87. The molecule has 176 valence electrons. The van der Waals surface area contributed by atoms with Gasteiger partial charge in [-0.3, -0.25) is 4.79 Å². The van der Waals surface area contributed by atoms with Crippen LogP contribution in [0.15, 0.2) is 21.3 Å². The fourth-order valence-corrected chi connectivity index (χ4v) is 4.26. The first kappa shape index (κ1) is 23.0. The highest BCUT2D eigenvalue weighted by atomic mass is 16.7. The van der Waals surface area contributed by atoms with E-state index in [-0.39, 0.29) is 5.43 Å². The molecule has 10 nitrogen and oxygen atoms in total. The fourth-order valence-electron chi connectivity index (χ4n) is 4.26. The average molecular weight is 452 g/mol. The Bertz CT molecular complexity index is 1060. The van der Waals surface area contributed by atoms with Crippen LogP contribution in [0.1, 0.15) is 25.2 Å². The Balaban J connectivity index is 1.62. The van der Waals surface area contributed by atoms with Gasteiger partial charge in [0.05, 0.1) is 13.7 Å². The monoisotopic (exact) mass is 452 g/mol. The molecule has 0 spiro atoms. The molecular formula is C22H28O10. The van der Waals surface area contributed by atoms with Crippen molar-refractivity contribution in [1.29, 1.82) is 0 Å². The number of aliphatic hydroxyl groups is 4. The van der Waals surface area contributed by atoms with Crippen LogP contribution in [0.3, 0.4) is 0 Å². The van der Waals surface area contributed by atoms with Crippen molar-refractivity contribution in [2.24, 2.45) is 0 Å². The van der Waals surface area contributed by atoms with E-state index in [2.05, 4.69) is 0 Å². The van der Waals surface area contributed by atoms with Gasteiger partial charge in [0.2, 0.25) is 0 Å². The molecule has 4 N–H and O–H groups in total. The highest BCUT2D eigenvalue weighted by Crippen LogP contribution is 2.44. The summed E-state index contributed by atoms with van der Waals surface area (Å²) >= 11 is 0. The van der Waals surface area contributed by atoms with Crippen LogP contribution in [0.4, 0.5) is 0 Å². The van der Waals surface area contributed by atoms with Gasteiger partial charge in [0, 0.05) is 24.1 Å². The van der Waals surface area contributed by atoms with Gasteiger partial charge in [-0.15, -0.1) is 0 Å². The molecule has 1 fully saturated rings. The Morgan fingerprint density at radius 1 is 1.16 bits per heavy atom. The lowest BCUT2D eigenvalue weighted by molar-refractivity contribution is -0.329. The van der Waals surface area contributed by atoms with Gasteiger partial charge >= 0.3 is 0 Å². The summed E-state index contributed by atoms with van der Waals surface area (Å²) in [6.45, 7) is 4.58. The molecule has 0 bridgehead atoms. The van der Waals surface area contributed by atoms with Gasteiger partial charge in [0.1, 0.15) is 64.3 Å². The van der Waals surface area contributed by atoms with Crippen LogP contribution in [-0.4, -0.2) is 76.6 Å². The average Bonchev–Trinajstić information content (AvgIpc) is 3.17. The number of ether oxygens (including phenoxy) is 4. The molecule has 1 saturated heterocycles. The SMILES string of the molecule is COc1c2c(cc3oc(C)cc(=O)c13)O[C@H](C(C)(C)O[C@@H]1O[C@@H](CO)[C@@H](O)[C@@H](O)[C@H]1O)C2. The molecule has 0 aliphatic carbocycles. The number of hydrogen-bond acceptors (Lipinski definition) is 10. The number of benzene rings is 1. The zero-order valence-corrected chi connectivity index (χ0v) is 18.3. The van der Waals surface area contributed by atoms with Gasteiger partial charge in [-0.05, 0) is 20.8 Å². The van der Waals surface area contributed by atoms with Crippen LogP contribution >= 0.6 is 0 Å². The van der Waals surface area contributed by atoms with E-state index in [4.69, 9.17) is 23.4 Å². The third-order valence-electron chi connectivity index (χ3n) is 6.07. The normalized spacial score (nSPS) is 30.2. The minimum Gasteiger partial charge on any atom is -0.495 e. The van der Waals surface area contributed by atoms with Crippen molar-refractivity contribution in [3.8, 4) is 11.5 Å². The molecule has 2 aliphatic heterocycles. The minimum atomic E-state index is -1.55. The van der Waals surface area contributed by atoms with E-state index in [0.717, 1.165) is 0 Å². The lowest BCUT2D eigenvalue weighted by Crippen LogP contribution is -2.61. The Morgan fingerprint density at radius 3 is 2.53 bits per heavy atom. The van der Waals surface area contributed by atoms with Crippen LogP contribution in [0.2, 0.25) is 0 Å². The largest absolute Gasteiger partial charge is 0.495 e. The van der Waals surface area contributed by atoms with E-state index < -0.39 is 49.0 Å². The maximum atomic E-state index is 12.6. The zero-order chi connectivity index (χ0) is 23.4. The maximum Gasteiger partial charge on any atom is 0.196 e. The second-order valence-electron chi connectivity index (χ2n) is 8.71. The maximum absolute atomic E-state index is 12.6. The van der Waals surface area contributed by atoms with E-state index >= 15 is 0 Å². The molecule has 1 aromatic carbocycles. The van der Waals surface area contributed by atoms with Crippen molar-refractivity contribution in [1.82, 2.24) is 0 Å². The molecule has 2 aromatic rings. The number of fused-ring (bicyclic) bond motifs is 2. The molecular weight excluding hydrogens is 424 g/mol. The molecule has 10 heteroatoms. The van der Waals surface area contributed by atoms with Crippen molar-refractivity contribution in [3.63, 3.8) is 0 Å². The Labute approximate surface area is 183 Å². The van der Waals surface area contributed by atoms with Crippen molar-refractivity contribution >= 4 is 11.0 Å². The lowest BCUT2D eigenvalue weighted by atomic mass is 9.94. The molecule has 3 heterocycles. The van der Waals surface area contributed by atoms with Crippen LogP contribution in [0, 0.1) is 6.92 Å². The van der Waals surface area contributed by atoms with Crippen molar-refractivity contribution in [3.05, 3.63) is 33.7 Å². The summed E-state index contributed by atoms with van der Waals surface area (Å²) in [7, 11) is 1.47. The zero-order valence-electron chi connectivity index (χ0n) is 18.3. The van der Waals surface area contributed by atoms with Crippen LogP contribution in [0.25, 0.3) is 11.0 Å². The summed E-state index contributed by atoms with van der Waals surface area (Å²) in [4.78, 5) is 12.6. The van der Waals surface area contributed by atoms with Crippen molar-refractivity contribution in [2.45, 2.75) is 69.6 Å². The first-order chi connectivity index (χ1) is 15.1. The smallest absolute Gasteiger partial charge is 0.196 e. The topological polar surface area (TPSA) is 148 Å². The summed E-state index contributed by atoms with van der Waals surface area (Å²) in [6.07, 6.45) is -7.17. The number of hydrogen-bond donors (Lipinski definition) is 4. The van der Waals surface area contributed by atoms with Gasteiger partial charge in [0.15, 0.2) is 11.7 Å². The second kappa shape index (κ2) is 8.29. The molecule has 1 aromatic heterocycles. The number of rotatable bonds is 5. The number of methoxy groups -OCH3 is 1. The molecule has 0 saturated carbocycles. The Kier molecular flexibility index (Phi) is 5.95. The summed E-state index contributed by atoms with van der Waals surface area (Å²) < 4.78 is 28.8. The van der Waals surface area contributed by atoms with Crippen molar-refractivity contribution in [2.75, 3.05) is 13.7 Å². The minimum absolute atomic E-state index is 0.219. The predicted molar refractivity (Wildman–Crippen MR) is 111 cm³/mol. The molecule has 0 unspecified atom stereocenters. The molecule has 2 aliphatic rings. The summed E-state index contributed by atoms with van der Waals surface area (Å²) in [5, 5.41) is 40.1. The first-order valence-electron chi connectivity index (χ1n) is 10.4. The van der Waals surface area contributed by atoms with E-state index in [1.807, 2.05) is 0 Å². The van der Waals surface area contributed by atoms with Crippen LogP contribution < -0.4 is 14.9 Å². The van der Waals surface area contributed by atoms with Crippen LogP contribution in [-0.2, 0) is 15.9 Å². The van der Waals surface area contributed by atoms with Gasteiger partial charge < -0.3 is 43.8 Å². The summed E-state index contributed by atoms with van der Waals surface area (Å²) in [5.41, 5.74) is -0.230. The lowest BCUT2D eigenvalue weighted by Gasteiger charge is -2.43. The summed E-state index contributed by atoms with van der Waals surface area (Å²) in [6, 6.07) is 3.04. The van der Waals surface area contributed by atoms with Gasteiger partial charge in [-0.2, -0.15) is 0 Å². The third-order valence-corrected chi connectivity index (χ3v) is 6.07. The Morgan fingerprint density at radius 2 is 1.88 bits per heavy atom. The molecule has 0 amide bonds. The van der Waals surface area contributed by atoms with Gasteiger partial charge in [-0.25, -0.2) is 0 Å². The highest BCUT2D eigenvalue weighted by Gasteiger charge is 2.48. The van der Waals surface area contributed by atoms with Crippen LogP contribution in [0.5, 0.6) is 11.5 Å². The first-order valence-corrected chi connectivity index (χ1v) is 10.4. The quantitative estimate of drug-likeness (QED) is 0.489. The Hall–Kier alpha value is -2.21. The van der Waals surface area contributed by atoms with E-state index in [0.29, 0.717) is 40.2 Å². The molecule has 4 rings (SSSR count). The predicted octanol–water partition coefficient (Wildman–Crippen LogP) is 0.00862. The van der Waals surface area contributed by atoms with Gasteiger partial charge in [-0.1, -0.05) is 0 Å². The van der Waals surface area contributed by atoms with Gasteiger partial charge in [0.25, 0.3) is 0 Å². The molecule has 6 atom stereocenters. The van der Waals surface area contributed by atoms with Crippen molar-refractivity contribution < 1.29 is 43.8 Å². The second-order valence-corrected chi connectivity index (χ2v) is 8.71. The number of aryl methyl sites for hydroxylation is 1. The number of aliphatic hydroxyl groups excluding tert-OH is 4. The van der Waals surface area contributed by atoms with E-state index in [9.17, 15) is 25.2 Å². The van der Waals surface area contributed by atoms with E-state index in [1.165, 1.54) is 13.2 Å². The summed E-state index contributed by atoms with van der Waals surface area (Å²) in [5.74, 6) is 1.32. The van der Waals surface area contributed by atoms with E-state index in [1.54, 1.807) is 26.8 Å². The molecule has 0 radical (unpaired) electrons. The standard InChI is InChI=1S/C22H28O10/c1-9-5-11(24)16-13(29-9)7-12-10(20(16)28-4)6-15(30-12)22(2,3)32-21-19(27)18(26)17(25)14(8-23)31-21/h5,7,14-15,17-19,21,23,25-27H,6,8H2,1-4H3/t14-,15-,17+,18+,19+,21-/m0/s1. The third kappa shape index (κ3) is 3.76. The fraction of sp³-hybridized carbons (Fsp3) is 0.591.